The van der Waals surface area contributed by atoms with Gasteiger partial charge in [0.25, 0.3) is 0 Å². The summed E-state index contributed by atoms with van der Waals surface area (Å²) in [5, 5.41) is 77.3. The van der Waals surface area contributed by atoms with E-state index in [2.05, 4.69) is 48.6 Å². The number of aliphatic hydroxyl groups is 8. The molecule has 340 valence electrons. The van der Waals surface area contributed by atoms with Crippen molar-refractivity contribution >= 4 is 0 Å². The van der Waals surface area contributed by atoms with Gasteiger partial charge in [0.05, 0.1) is 18.3 Å². The van der Waals surface area contributed by atoms with Crippen LogP contribution in [0.4, 0.5) is 0 Å². The van der Waals surface area contributed by atoms with Gasteiger partial charge in [-0.1, -0.05) is 48.6 Å². The van der Waals surface area contributed by atoms with Gasteiger partial charge in [-0.15, -0.1) is 0 Å². The number of hydrogen-bond donors (Lipinski definition) is 8. The van der Waals surface area contributed by atoms with Gasteiger partial charge in [0.1, 0.15) is 0 Å². The molecule has 0 spiro atoms. The molecule has 16 aliphatic carbocycles. The van der Waals surface area contributed by atoms with Crippen LogP contribution in [0.1, 0.15) is 57.8 Å². The fourth-order valence-corrected chi connectivity index (χ4v) is 22.3. The molecular formula is C54H76O8. The lowest BCUT2D eigenvalue weighted by molar-refractivity contribution is -0.0587. The van der Waals surface area contributed by atoms with E-state index in [4.69, 9.17) is 0 Å². The van der Waals surface area contributed by atoms with Crippen LogP contribution in [-0.2, 0) is 0 Å². The highest BCUT2D eigenvalue weighted by Gasteiger charge is 2.67. The van der Waals surface area contributed by atoms with E-state index in [9.17, 15) is 40.9 Å². The van der Waals surface area contributed by atoms with Gasteiger partial charge in [0.15, 0.2) is 0 Å². The lowest BCUT2D eigenvalue weighted by Gasteiger charge is -2.41. The molecule has 0 aromatic heterocycles. The van der Waals surface area contributed by atoms with Crippen LogP contribution in [0.3, 0.4) is 0 Å². The normalized spacial score (nSPS) is 62.5. The molecule has 8 nitrogen and oxygen atoms in total. The van der Waals surface area contributed by atoms with E-state index >= 15 is 0 Å². The number of aliphatic hydroxyl groups excluding tert-OH is 8. The molecule has 0 saturated heterocycles. The van der Waals surface area contributed by atoms with E-state index in [1.54, 1.807) is 0 Å². The first-order chi connectivity index (χ1) is 30.3. The minimum atomic E-state index is -0.422. The van der Waals surface area contributed by atoms with E-state index in [1.807, 2.05) is 0 Å². The second kappa shape index (κ2) is 15.1. The Morgan fingerprint density at radius 1 is 0.274 bits per heavy atom. The maximum absolute atomic E-state index is 10.2. The minimum absolute atomic E-state index is 0.184. The Kier molecular flexibility index (Phi) is 9.94. The fraction of sp³-hybridized carbons (Fsp3) is 0.852. The van der Waals surface area contributed by atoms with Crippen molar-refractivity contribution in [2.24, 2.45) is 172 Å². The summed E-state index contributed by atoms with van der Waals surface area (Å²) in [6.07, 6.45) is 29.3. The second-order valence-electron chi connectivity index (χ2n) is 24.7. The zero-order chi connectivity index (χ0) is 42.0. The fourth-order valence-electron chi connectivity index (χ4n) is 22.3. The lowest BCUT2D eigenvalue weighted by Crippen LogP contribution is -2.43. The van der Waals surface area contributed by atoms with Gasteiger partial charge in [0.2, 0.25) is 0 Å². The Morgan fingerprint density at radius 3 is 0.839 bits per heavy atom. The standard InChI is InChI=1S/C15H22O2.C14H20O2.C13H18O2.C12H16O2/c16-4-3-10-11-6-12(13(10)7-17)15-9-2-1-8(5-9)14(11)15;15-5-11-9-4-10(12(11)6-16)14-8-2-1-7(3-8)13(9)14;14-5-10-8-4-9(13(10)15)12-7-2-1-6(3-7)11(8)12;13-11-7-4-8(12(11)14)10-6-2-1-5(3-6)9(7)10/h1-2,8-17H,3-7H2;1-2,7-16H,3-6H2;1-2,6-15H,3-5H2;1-2,5-14H,3-4H2. The van der Waals surface area contributed by atoms with E-state index in [-0.39, 0.29) is 31.8 Å². The monoisotopic (exact) mass is 853 g/mol. The maximum Gasteiger partial charge on any atom is 0.0833 e. The third kappa shape index (κ3) is 5.42. The van der Waals surface area contributed by atoms with Crippen molar-refractivity contribution in [3.63, 3.8) is 0 Å². The predicted octanol–water partition coefficient (Wildman–Crippen LogP) is 4.81. The second-order valence-corrected chi connectivity index (χ2v) is 24.7. The van der Waals surface area contributed by atoms with Crippen molar-refractivity contribution in [2.45, 2.75) is 76.1 Å². The molecule has 16 aliphatic rings. The van der Waals surface area contributed by atoms with Gasteiger partial charge in [-0.05, 0) is 223 Å². The summed E-state index contributed by atoms with van der Waals surface area (Å²) >= 11 is 0. The van der Waals surface area contributed by atoms with Gasteiger partial charge >= 0.3 is 0 Å². The summed E-state index contributed by atoms with van der Waals surface area (Å²) in [5.74, 6) is 19.6. The van der Waals surface area contributed by atoms with Crippen LogP contribution in [0.25, 0.3) is 0 Å². The molecule has 32 unspecified atom stereocenters. The van der Waals surface area contributed by atoms with E-state index in [1.165, 1.54) is 44.9 Å². The topological polar surface area (TPSA) is 162 Å². The molecular weight excluding hydrogens is 777 g/mol. The molecule has 12 saturated carbocycles. The molecule has 12 fully saturated rings. The molecule has 8 heteroatoms. The summed E-state index contributed by atoms with van der Waals surface area (Å²) in [4.78, 5) is 0. The van der Waals surface area contributed by atoms with Gasteiger partial charge in [-0.2, -0.15) is 0 Å². The average Bonchev–Trinajstić information content (AvgIpc) is 4.13. The molecule has 0 aromatic carbocycles. The molecule has 16 rings (SSSR count). The molecule has 0 aliphatic heterocycles. The van der Waals surface area contributed by atoms with Gasteiger partial charge in [0, 0.05) is 39.0 Å². The summed E-state index contributed by atoms with van der Waals surface area (Å²) in [6, 6.07) is 0. The first-order valence-corrected chi connectivity index (χ1v) is 26.1. The SMILES string of the molecule is OC1C(O)C2CC1C1C3C=CC(C3)C21.OCC1C(CO)C2CC1C1C3C=CC(C3)C21.OCC1C(O)C2CC1C1C3C=CC(C3)C21.OCCC1C(CO)C2CC1C1C3C=CC(C3)C21. The third-order valence-electron chi connectivity index (χ3n) is 23.7. The number of hydrogen-bond acceptors (Lipinski definition) is 8. The van der Waals surface area contributed by atoms with Crippen LogP contribution in [0, 0.1) is 172 Å². The van der Waals surface area contributed by atoms with Crippen molar-refractivity contribution in [3.8, 4) is 0 Å². The first kappa shape index (κ1) is 40.9. The van der Waals surface area contributed by atoms with Gasteiger partial charge < -0.3 is 40.9 Å². The zero-order valence-electron chi connectivity index (χ0n) is 36.6. The van der Waals surface area contributed by atoms with E-state index < -0.39 is 12.2 Å². The summed E-state index contributed by atoms with van der Waals surface area (Å²) in [5.41, 5.74) is 0. The van der Waals surface area contributed by atoms with Gasteiger partial charge in [-0.3, -0.25) is 0 Å². The Morgan fingerprint density at radius 2 is 0.516 bits per heavy atom. The Balaban J connectivity index is 0.0000000843. The Bertz CT molecular complexity index is 1790. The molecule has 0 radical (unpaired) electrons. The Labute approximate surface area is 369 Å². The molecule has 0 heterocycles. The van der Waals surface area contributed by atoms with Crippen LogP contribution >= 0.6 is 0 Å². The summed E-state index contributed by atoms with van der Waals surface area (Å²) in [7, 11) is 0. The van der Waals surface area contributed by atoms with Crippen molar-refractivity contribution in [3.05, 3.63) is 48.6 Å². The summed E-state index contributed by atoms with van der Waals surface area (Å²) in [6.45, 7) is 1.40. The van der Waals surface area contributed by atoms with Crippen LogP contribution in [0.15, 0.2) is 48.6 Å². The average molecular weight is 853 g/mol. The van der Waals surface area contributed by atoms with E-state index in [0.29, 0.717) is 84.2 Å². The largest absolute Gasteiger partial charge is 0.396 e. The molecule has 16 bridgehead atoms. The Hall–Kier alpha value is -1.36. The number of rotatable bonds is 6. The van der Waals surface area contributed by atoms with Crippen molar-refractivity contribution < 1.29 is 40.9 Å². The minimum Gasteiger partial charge on any atom is -0.396 e. The number of fused-ring (bicyclic) bond motifs is 36. The highest BCUT2D eigenvalue weighted by molar-refractivity contribution is 5.25. The zero-order valence-corrected chi connectivity index (χ0v) is 36.6. The molecule has 32 atom stereocenters. The molecule has 62 heavy (non-hydrogen) atoms. The lowest BCUT2D eigenvalue weighted by atomic mass is 9.64. The molecule has 8 N–H and O–H groups in total. The summed E-state index contributed by atoms with van der Waals surface area (Å²) < 4.78 is 0. The van der Waals surface area contributed by atoms with Crippen LogP contribution in [-0.4, -0.2) is 92.2 Å². The van der Waals surface area contributed by atoms with Crippen molar-refractivity contribution in [1.82, 2.24) is 0 Å². The first-order valence-electron chi connectivity index (χ1n) is 26.1. The molecule has 0 amide bonds. The smallest absolute Gasteiger partial charge is 0.0833 e. The number of allylic oxidation sites excluding steroid dienone is 8. The van der Waals surface area contributed by atoms with Crippen LogP contribution in [0.5, 0.6) is 0 Å². The van der Waals surface area contributed by atoms with Crippen molar-refractivity contribution in [1.29, 1.82) is 0 Å². The van der Waals surface area contributed by atoms with Crippen LogP contribution < -0.4 is 0 Å². The quantitative estimate of drug-likeness (QED) is 0.140. The maximum atomic E-state index is 10.2. The third-order valence-corrected chi connectivity index (χ3v) is 23.7. The molecule has 0 aromatic rings. The van der Waals surface area contributed by atoms with Crippen molar-refractivity contribution in [2.75, 3.05) is 33.0 Å². The predicted molar refractivity (Wildman–Crippen MR) is 233 cm³/mol. The highest BCUT2D eigenvalue weighted by atomic mass is 16.3. The van der Waals surface area contributed by atoms with Crippen LogP contribution in [0.2, 0.25) is 0 Å². The van der Waals surface area contributed by atoms with E-state index in [0.717, 1.165) is 108 Å². The highest BCUT2D eigenvalue weighted by Crippen LogP contribution is 2.71. The van der Waals surface area contributed by atoms with Gasteiger partial charge in [-0.25, -0.2) is 0 Å².